The molecule has 142 valence electrons. The minimum absolute atomic E-state index is 0.106. The summed E-state index contributed by atoms with van der Waals surface area (Å²) in [4.78, 5) is 20.9. The van der Waals surface area contributed by atoms with Gasteiger partial charge in [-0.1, -0.05) is 54.1 Å². The number of amides is 1. The van der Waals surface area contributed by atoms with E-state index in [1.807, 2.05) is 22.9 Å². The van der Waals surface area contributed by atoms with Gasteiger partial charge in [0.2, 0.25) is 5.91 Å². The molecular formula is C22H28N4O. The van der Waals surface area contributed by atoms with Crippen molar-refractivity contribution in [3.05, 3.63) is 70.8 Å². The minimum Gasteiger partial charge on any atom is -0.347 e. The number of hydrogen-bond acceptors (Lipinski definition) is 2. The van der Waals surface area contributed by atoms with Crippen molar-refractivity contribution in [2.75, 3.05) is 27.2 Å². The van der Waals surface area contributed by atoms with Crippen molar-refractivity contribution in [3.63, 3.8) is 0 Å². The third-order valence-electron chi connectivity index (χ3n) is 4.99. The smallest absolute Gasteiger partial charge is 0.242 e. The molecule has 0 bridgehead atoms. The average Bonchev–Trinajstić information content (AvgIpc) is 2.69. The van der Waals surface area contributed by atoms with Crippen LogP contribution >= 0.6 is 0 Å². The first-order valence-electron chi connectivity index (χ1n) is 9.38. The molecule has 0 atom stereocenters. The van der Waals surface area contributed by atoms with Gasteiger partial charge in [-0.15, -0.1) is 0 Å². The van der Waals surface area contributed by atoms with Gasteiger partial charge in [0.1, 0.15) is 0 Å². The molecule has 0 radical (unpaired) electrons. The molecule has 0 saturated heterocycles. The van der Waals surface area contributed by atoms with Crippen molar-refractivity contribution in [2.45, 2.75) is 26.4 Å². The van der Waals surface area contributed by atoms with Crippen LogP contribution in [0.3, 0.4) is 0 Å². The molecule has 1 amide bonds. The quantitative estimate of drug-likeness (QED) is 0.670. The highest BCUT2D eigenvalue weighted by Crippen LogP contribution is 2.18. The average molecular weight is 364 g/mol. The van der Waals surface area contributed by atoms with Crippen LogP contribution in [0.4, 0.5) is 0 Å². The van der Waals surface area contributed by atoms with Crippen LogP contribution in [0, 0.1) is 6.92 Å². The Morgan fingerprint density at radius 2 is 1.85 bits per heavy atom. The summed E-state index contributed by atoms with van der Waals surface area (Å²) >= 11 is 0. The van der Waals surface area contributed by atoms with Gasteiger partial charge in [-0.3, -0.25) is 9.79 Å². The Balaban J connectivity index is 1.53. The van der Waals surface area contributed by atoms with Gasteiger partial charge in [-0.2, -0.15) is 0 Å². The highest BCUT2D eigenvalue weighted by atomic mass is 16.2. The van der Waals surface area contributed by atoms with Crippen LogP contribution in [0.2, 0.25) is 0 Å². The van der Waals surface area contributed by atoms with Crippen molar-refractivity contribution in [2.24, 2.45) is 4.99 Å². The predicted molar refractivity (Wildman–Crippen MR) is 110 cm³/mol. The summed E-state index contributed by atoms with van der Waals surface area (Å²) in [5, 5.41) is 3.21. The maximum absolute atomic E-state index is 12.6. The molecular weight excluding hydrogens is 336 g/mol. The Morgan fingerprint density at radius 1 is 1.15 bits per heavy atom. The molecule has 1 N–H and O–H groups in total. The number of carbonyl (C=O) groups is 1. The number of benzene rings is 2. The molecule has 0 aliphatic carbocycles. The van der Waals surface area contributed by atoms with E-state index in [-0.39, 0.29) is 12.5 Å². The molecule has 0 unspecified atom stereocenters. The normalized spacial score (nSPS) is 13.9. The lowest BCUT2D eigenvalue weighted by molar-refractivity contribution is -0.130. The highest BCUT2D eigenvalue weighted by Gasteiger charge is 2.20. The Bertz CT molecular complexity index is 813. The van der Waals surface area contributed by atoms with E-state index in [4.69, 9.17) is 0 Å². The number of carbonyl (C=O) groups excluding carboxylic acids is 1. The summed E-state index contributed by atoms with van der Waals surface area (Å²) in [6.45, 7) is 4.54. The fraction of sp³-hybridized carbons (Fsp3) is 0.364. The van der Waals surface area contributed by atoms with E-state index in [2.05, 4.69) is 59.7 Å². The number of nitrogens with zero attached hydrogens (tertiary/aromatic N) is 3. The van der Waals surface area contributed by atoms with Crippen LogP contribution in [0.1, 0.15) is 22.3 Å². The summed E-state index contributed by atoms with van der Waals surface area (Å²) in [5.41, 5.74) is 5.06. The SMILES string of the molecule is CN=C(NCC(=O)N1CCc2ccccc2C1)N(C)Cc1ccc(C)cc1. The third-order valence-corrected chi connectivity index (χ3v) is 4.99. The number of hydrogen-bond donors (Lipinski definition) is 1. The molecule has 1 aliphatic rings. The van der Waals surface area contributed by atoms with Gasteiger partial charge in [-0.25, -0.2) is 0 Å². The van der Waals surface area contributed by atoms with Gasteiger partial charge in [-0.05, 0) is 30.0 Å². The largest absolute Gasteiger partial charge is 0.347 e. The van der Waals surface area contributed by atoms with Crippen molar-refractivity contribution in [3.8, 4) is 0 Å². The molecule has 1 heterocycles. The highest BCUT2D eigenvalue weighted by molar-refractivity contribution is 5.86. The van der Waals surface area contributed by atoms with Crippen LogP contribution < -0.4 is 5.32 Å². The van der Waals surface area contributed by atoms with E-state index in [1.54, 1.807) is 7.05 Å². The standard InChI is InChI=1S/C22H28N4O/c1-17-8-10-18(11-9-17)15-25(3)22(23-2)24-14-21(27)26-13-12-19-6-4-5-7-20(19)16-26/h4-11H,12-16H2,1-3H3,(H,23,24). The van der Waals surface area contributed by atoms with E-state index in [1.165, 1.54) is 22.3 Å². The van der Waals surface area contributed by atoms with Crippen molar-refractivity contribution in [1.82, 2.24) is 15.1 Å². The first-order chi connectivity index (χ1) is 13.1. The monoisotopic (exact) mass is 364 g/mol. The zero-order chi connectivity index (χ0) is 19.2. The lowest BCUT2D eigenvalue weighted by Crippen LogP contribution is -2.46. The topological polar surface area (TPSA) is 47.9 Å². The van der Waals surface area contributed by atoms with Gasteiger partial charge >= 0.3 is 0 Å². The van der Waals surface area contributed by atoms with Crippen LogP contribution in [-0.4, -0.2) is 48.9 Å². The number of rotatable bonds is 4. The molecule has 0 aromatic heterocycles. The fourth-order valence-electron chi connectivity index (χ4n) is 3.40. The molecule has 0 spiro atoms. The second-order valence-corrected chi connectivity index (χ2v) is 7.08. The summed E-state index contributed by atoms with van der Waals surface area (Å²) < 4.78 is 0. The Hall–Kier alpha value is -2.82. The van der Waals surface area contributed by atoms with E-state index < -0.39 is 0 Å². The molecule has 0 fully saturated rings. The predicted octanol–water partition coefficient (Wildman–Crippen LogP) is 2.59. The van der Waals surface area contributed by atoms with Gasteiger partial charge < -0.3 is 15.1 Å². The van der Waals surface area contributed by atoms with Crippen LogP contribution in [0.15, 0.2) is 53.5 Å². The van der Waals surface area contributed by atoms with Gasteiger partial charge in [0.15, 0.2) is 5.96 Å². The van der Waals surface area contributed by atoms with Crippen LogP contribution in [0.25, 0.3) is 0 Å². The Labute approximate surface area is 161 Å². The first kappa shape index (κ1) is 19.0. The first-order valence-corrected chi connectivity index (χ1v) is 9.38. The van der Waals surface area contributed by atoms with E-state index in [0.717, 1.165) is 25.5 Å². The molecule has 3 rings (SSSR count). The summed E-state index contributed by atoms with van der Waals surface area (Å²) in [5.74, 6) is 0.829. The van der Waals surface area contributed by atoms with Gasteiger partial charge in [0.25, 0.3) is 0 Å². The summed E-state index contributed by atoms with van der Waals surface area (Å²) in [7, 11) is 3.73. The number of nitrogens with one attached hydrogen (secondary N) is 1. The molecule has 2 aromatic carbocycles. The Morgan fingerprint density at radius 3 is 2.56 bits per heavy atom. The van der Waals surface area contributed by atoms with E-state index >= 15 is 0 Å². The van der Waals surface area contributed by atoms with Gasteiger partial charge in [0.05, 0.1) is 6.54 Å². The van der Waals surface area contributed by atoms with Crippen molar-refractivity contribution < 1.29 is 4.79 Å². The van der Waals surface area contributed by atoms with Crippen molar-refractivity contribution >= 4 is 11.9 Å². The second-order valence-electron chi connectivity index (χ2n) is 7.08. The van der Waals surface area contributed by atoms with E-state index in [0.29, 0.717) is 6.54 Å². The zero-order valence-electron chi connectivity index (χ0n) is 16.4. The molecule has 2 aromatic rings. The van der Waals surface area contributed by atoms with Crippen LogP contribution in [-0.2, 0) is 24.3 Å². The summed E-state index contributed by atoms with van der Waals surface area (Å²) in [6.07, 6.45) is 0.921. The lowest BCUT2D eigenvalue weighted by atomic mass is 10.00. The van der Waals surface area contributed by atoms with Crippen LogP contribution in [0.5, 0.6) is 0 Å². The molecule has 5 heteroatoms. The number of aliphatic imine (C=N–C) groups is 1. The molecule has 27 heavy (non-hydrogen) atoms. The fourth-order valence-corrected chi connectivity index (χ4v) is 3.40. The zero-order valence-corrected chi connectivity index (χ0v) is 16.4. The number of aryl methyl sites for hydroxylation is 1. The molecule has 0 saturated carbocycles. The van der Waals surface area contributed by atoms with E-state index in [9.17, 15) is 4.79 Å². The maximum atomic E-state index is 12.6. The molecule has 1 aliphatic heterocycles. The Kier molecular flexibility index (Phi) is 6.12. The minimum atomic E-state index is 0.106. The maximum Gasteiger partial charge on any atom is 0.242 e. The van der Waals surface area contributed by atoms with Gasteiger partial charge in [0, 0.05) is 33.7 Å². The lowest BCUT2D eigenvalue weighted by Gasteiger charge is -2.29. The number of fused-ring (bicyclic) bond motifs is 1. The van der Waals surface area contributed by atoms with Crippen molar-refractivity contribution in [1.29, 1.82) is 0 Å². The third kappa shape index (κ3) is 4.88. The molecule has 5 nitrogen and oxygen atoms in total. The summed E-state index contributed by atoms with van der Waals surface area (Å²) in [6, 6.07) is 16.8. The second kappa shape index (κ2) is 8.71. The number of guanidine groups is 1.